The molecule has 0 rings (SSSR count). The van der Waals surface area contributed by atoms with Gasteiger partial charge in [-0.1, -0.05) is 306 Å². The monoisotopic (exact) mass is 1340 g/mol. The molecule has 5 atom stereocenters. The van der Waals surface area contributed by atoms with E-state index in [0.29, 0.717) is 31.6 Å². The Morgan fingerprint density at radius 2 is 0.462 bits per heavy atom. The fourth-order valence-corrected chi connectivity index (χ4v) is 12.4. The van der Waals surface area contributed by atoms with Crippen molar-refractivity contribution in [2.45, 2.75) is 375 Å². The van der Waals surface area contributed by atoms with Crippen LogP contribution in [0.4, 0.5) is 0 Å². The lowest BCUT2D eigenvalue weighted by Gasteiger charge is -2.21. The van der Waals surface area contributed by atoms with Crippen LogP contribution < -0.4 is 0 Å². The van der Waals surface area contributed by atoms with E-state index in [1.165, 1.54) is 161 Å². The predicted octanol–water partition coefficient (Wildman–Crippen LogP) is 20.5. The van der Waals surface area contributed by atoms with E-state index >= 15 is 0 Å². The Morgan fingerprint density at radius 3 is 0.681 bits per heavy atom. The molecular weight excluding hydrogens is 1200 g/mol. The minimum atomic E-state index is -4.95. The maximum absolute atomic E-state index is 13.0. The van der Waals surface area contributed by atoms with Crippen molar-refractivity contribution in [3.05, 3.63) is 0 Å². The maximum Gasteiger partial charge on any atom is 0.472 e. The number of aliphatic hydroxyl groups is 1. The largest absolute Gasteiger partial charge is 0.472 e. The van der Waals surface area contributed by atoms with Gasteiger partial charge in [0.2, 0.25) is 0 Å². The van der Waals surface area contributed by atoms with Crippen molar-refractivity contribution in [3.63, 3.8) is 0 Å². The van der Waals surface area contributed by atoms with Gasteiger partial charge in [-0.3, -0.25) is 37.3 Å². The summed E-state index contributed by atoms with van der Waals surface area (Å²) < 4.78 is 68.3. The quantitative estimate of drug-likeness (QED) is 0.0222. The third-order valence-electron chi connectivity index (χ3n) is 16.6. The highest BCUT2D eigenvalue weighted by Crippen LogP contribution is 2.45. The first-order chi connectivity index (χ1) is 43.6. The average Bonchev–Trinajstić information content (AvgIpc) is 3.69. The number of unbranched alkanes of at least 4 members (excludes halogenated alkanes) is 35. The van der Waals surface area contributed by atoms with Crippen molar-refractivity contribution in [1.29, 1.82) is 0 Å². The molecule has 0 aliphatic carbocycles. The second kappa shape index (κ2) is 61.6. The van der Waals surface area contributed by atoms with E-state index in [0.717, 1.165) is 108 Å². The van der Waals surface area contributed by atoms with Crippen LogP contribution in [0.25, 0.3) is 0 Å². The van der Waals surface area contributed by atoms with Gasteiger partial charge in [-0.15, -0.1) is 0 Å². The molecule has 0 spiro atoms. The number of hydrogen-bond donors (Lipinski definition) is 3. The minimum absolute atomic E-state index is 0.103. The summed E-state index contributed by atoms with van der Waals surface area (Å²) in [5.74, 6) is 0.822. The molecule has 0 saturated heterocycles. The first kappa shape index (κ1) is 89.1. The van der Waals surface area contributed by atoms with E-state index in [1.54, 1.807) is 0 Å². The van der Waals surface area contributed by atoms with Gasteiger partial charge in [0, 0.05) is 25.7 Å². The van der Waals surface area contributed by atoms with Crippen LogP contribution in [0.15, 0.2) is 0 Å². The minimum Gasteiger partial charge on any atom is -0.462 e. The van der Waals surface area contributed by atoms with Gasteiger partial charge in [0.25, 0.3) is 0 Å². The Bertz CT molecular complexity index is 1800. The normalized spacial score (nSPS) is 14.2. The highest BCUT2D eigenvalue weighted by molar-refractivity contribution is 7.47. The molecule has 0 heterocycles. The van der Waals surface area contributed by atoms with Gasteiger partial charge < -0.3 is 33.8 Å². The predicted molar refractivity (Wildman–Crippen MR) is 367 cm³/mol. The molecule has 0 radical (unpaired) electrons. The van der Waals surface area contributed by atoms with Gasteiger partial charge in [0.15, 0.2) is 12.2 Å². The summed E-state index contributed by atoms with van der Waals surface area (Å²) in [4.78, 5) is 72.5. The molecule has 3 N–H and O–H groups in total. The summed E-state index contributed by atoms with van der Waals surface area (Å²) in [5, 5.41) is 10.6. The molecule has 0 aromatic rings. The first-order valence-corrected chi connectivity index (χ1v) is 40.2. The molecule has 3 unspecified atom stereocenters. The summed E-state index contributed by atoms with van der Waals surface area (Å²) in [7, 11) is -9.90. The maximum atomic E-state index is 13.0. The smallest absolute Gasteiger partial charge is 0.462 e. The number of hydrogen-bond acceptors (Lipinski definition) is 15. The lowest BCUT2D eigenvalue weighted by Crippen LogP contribution is -2.30. The summed E-state index contributed by atoms with van der Waals surface area (Å²) in [5.41, 5.74) is 0. The van der Waals surface area contributed by atoms with Crippen molar-refractivity contribution < 1.29 is 80.2 Å². The Labute approximate surface area is 556 Å². The van der Waals surface area contributed by atoms with Gasteiger partial charge in [0.05, 0.1) is 26.4 Å². The molecule has 17 nitrogen and oxygen atoms in total. The van der Waals surface area contributed by atoms with Crippen molar-refractivity contribution in [3.8, 4) is 0 Å². The van der Waals surface area contributed by atoms with Crippen LogP contribution in [0.5, 0.6) is 0 Å². The number of carbonyl (C=O) groups excluding carboxylic acids is 4. The first-order valence-electron chi connectivity index (χ1n) is 37.2. The molecular formula is C72H140O17P2. The number of ether oxygens (including phenoxy) is 4. The van der Waals surface area contributed by atoms with E-state index in [1.807, 2.05) is 0 Å². The molecule has 0 bridgehead atoms. The Morgan fingerprint density at radius 1 is 0.275 bits per heavy atom. The average molecular weight is 1340 g/mol. The van der Waals surface area contributed by atoms with Crippen LogP contribution in [0.1, 0.15) is 357 Å². The van der Waals surface area contributed by atoms with Crippen LogP contribution in [0.2, 0.25) is 0 Å². The lowest BCUT2D eigenvalue weighted by molar-refractivity contribution is -0.161. The number of carbonyl (C=O) groups is 4. The van der Waals surface area contributed by atoms with Gasteiger partial charge in [0.1, 0.15) is 19.3 Å². The van der Waals surface area contributed by atoms with Crippen molar-refractivity contribution in [2.75, 3.05) is 39.6 Å². The van der Waals surface area contributed by atoms with Gasteiger partial charge in [-0.05, 0) is 49.4 Å². The fraction of sp³-hybridized carbons (Fsp3) is 0.944. The van der Waals surface area contributed by atoms with E-state index in [4.69, 9.17) is 37.0 Å². The van der Waals surface area contributed by atoms with Gasteiger partial charge >= 0.3 is 39.5 Å². The van der Waals surface area contributed by atoms with Crippen LogP contribution in [-0.2, 0) is 65.4 Å². The molecule has 540 valence electrons. The second-order valence-electron chi connectivity index (χ2n) is 27.9. The van der Waals surface area contributed by atoms with E-state index in [9.17, 15) is 43.2 Å². The van der Waals surface area contributed by atoms with E-state index < -0.39 is 97.5 Å². The summed E-state index contributed by atoms with van der Waals surface area (Å²) in [6.45, 7) is 14.1. The lowest BCUT2D eigenvalue weighted by atomic mass is 10.0. The molecule has 0 aliphatic heterocycles. The topological polar surface area (TPSA) is 237 Å². The summed E-state index contributed by atoms with van der Waals surface area (Å²) in [6.07, 6.45) is 44.7. The van der Waals surface area contributed by atoms with Crippen molar-refractivity contribution in [2.24, 2.45) is 23.7 Å². The number of esters is 4. The highest BCUT2D eigenvalue weighted by atomic mass is 31.2. The second-order valence-corrected chi connectivity index (χ2v) is 30.8. The molecule has 0 amide bonds. The van der Waals surface area contributed by atoms with Gasteiger partial charge in [-0.2, -0.15) is 0 Å². The number of rotatable bonds is 69. The molecule has 19 heteroatoms. The molecule has 0 fully saturated rings. The highest BCUT2D eigenvalue weighted by Gasteiger charge is 2.30. The molecule has 91 heavy (non-hydrogen) atoms. The fourth-order valence-electron chi connectivity index (χ4n) is 10.8. The number of phosphoric acid groups is 2. The Kier molecular flexibility index (Phi) is 60.3. The zero-order valence-electron chi connectivity index (χ0n) is 59.5. The van der Waals surface area contributed by atoms with Crippen LogP contribution in [0.3, 0.4) is 0 Å². The third kappa shape index (κ3) is 66.5. The Balaban J connectivity index is 5.17. The molecule has 0 aromatic heterocycles. The van der Waals surface area contributed by atoms with Crippen molar-refractivity contribution in [1.82, 2.24) is 0 Å². The number of phosphoric ester groups is 2. The van der Waals surface area contributed by atoms with Crippen LogP contribution in [-0.4, -0.2) is 96.7 Å². The molecule has 0 aliphatic rings. The van der Waals surface area contributed by atoms with Crippen LogP contribution in [0, 0.1) is 23.7 Å². The third-order valence-corrected chi connectivity index (χ3v) is 18.5. The molecule has 0 aromatic carbocycles. The van der Waals surface area contributed by atoms with Crippen molar-refractivity contribution >= 4 is 39.5 Å². The summed E-state index contributed by atoms with van der Waals surface area (Å²) >= 11 is 0. The van der Waals surface area contributed by atoms with E-state index in [-0.39, 0.29) is 25.7 Å². The van der Waals surface area contributed by atoms with Gasteiger partial charge in [-0.25, -0.2) is 9.13 Å². The standard InChI is InChI=1S/C72H140O17P2/c1-62(2)48-40-32-24-17-15-13-11-9-10-12-14-16-18-28-36-44-52-69(74)82-59-68(89-72(77)55-47-39-31-23-27-35-43-51-65(7)8)61-87-91(80,81)85-57-66(73)56-84-90(78,79)86-60-67(88-71(76)54-46-38-30-22-20-26-34-42-50-64(5)6)58-83-70(75)53-45-37-29-21-19-25-33-41-49-63(3)4/h62-68,73H,9-61H2,1-8H3,(H,78,79)(H,80,81)/t66?,67-,68-/m1/s1. The summed E-state index contributed by atoms with van der Waals surface area (Å²) in [6, 6.07) is 0. The SMILES string of the molecule is CC(C)CCCCCCCCCCCCCCCCCCC(=O)OC[C@H](COP(=O)(O)OCC(O)COP(=O)(O)OC[C@@H](COC(=O)CCCCCCCCCCC(C)C)OC(=O)CCCCCCCCCCC(C)C)OC(=O)CCCCCCCCCC(C)C. The molecule has 0 saturated carbocycles. The van der Waals surface area contributed by atoms with Crippen LogP contribution >= 0.6 is 15.6 Å². The van der Waals surface area contributed by atoms with E-state index in [2.05, 4.69) is 55.4 Å². The number of aliphatic hydroxyl groups excluding tert-OH is 1. The Hall–Kier alpha value is -1.94. The zero-order valence-corrected chi connectivity index (χ0v) is 61.3. The zero-order chi connectivity index (χ0) is 67.5.